The average molecular weight is 423 g/mol. The summed E-state index contributed by atoms with van der Waals surface area (Å²) < 4.78 is 33.3. The molecular weight excluding hydrogens is 404 g/mol. The predicted octanol–water partition coefficient (Wildman–Crippen LogP) is 2.91. The highest BCUT2D eigenvalue weighted by molar-refractivity contribution is 7.91. The van der Waals surface area contributed by atoms with Gasteiger partial charge in [0.2, 0.25) is 0 Å². The quantitative estimate of drug-likeness (QED) is 0.686. The van der Waals surface area contributed by atoms with Crippen LogP contribution in [0.5, 0.6) is 0 Å². The van der Waals surface area contributed by atoms with E-state index >= 15 is 0 Å². The zero-order chi connectivity index (χ0) is 18.9. The van der Waals surface area contributed by atoms with Crippen molar-refractivity contribution < 1.29 is 17.9 Å². The van der Waals surface area contributed by atoms with Gasteiger partial charge in [-0.3, -0.25) is 4.79 Å². The van der Waals surface area contributed by atoms with Crippen LogP contribution in [0, 0.1) is 0 Å². The summed E-state index contributed by atoms with van der Waals surface area (Å²) in [5.74, 6) is -0.151. The van der Waals surface area contributed by atoms with Crippen molar-refractivity contribution >= 4 is 48.7 Å². The highest BCUT2D eigenvalue weighted by Gasteiger charge is 2.27. The average Bonchev–Trinajstić information content (AvgIpc) is 3.34. The van der Waals surface area contributed by atoms with Gasteiger partial charge >= 0.3 is 0 Å². The Bertz CT molecular complexity index is 1030. The van der Waals surface area contributed by atoms with E-state index in [4.69, 9.17) is 4.74 Å². The minimum atomic E-state index is -3.49. The van der Waals surface area contributed by atoms with E-state index in [1.807, 2.05) is 30.3 Å². The van der Waals surface area contributed by atoms with Crippen molar-refractivity contribution in [2.75, 3.05) is 26.3 Å². The van der Waals surface area contributed by atoms with Gasteiger partial charge in [0, 0.05) is 22.7 Å². The van der Waals surface area contributed by atoms with Crippen molar-refractivity contribution in [3.05, 3.63) is 52.2 Å². The number of hydrogen-bond donors (Lipinski definition) is 1. The fourth-order valence-corrected chi connectivity index (χ4v) is 6.69. The third-order valence-corrected chi connectivity index (χ3v) is 8.84. The lowest BCUT2D eigenvalue weighted by molar-refractivity contribution is 0.0731. The van der Waals surface area contributed by atoms with E-state index in [0.29, 0.717) is 41.9 Å². The van der Waals surface area contributed by atoms with E-state index in [1.54, 1.807) is 12.1 Å². The number of nitrogens with zero attached hydrogens (tertiary/aromatic N) is 1. The molecule has 1 aromatic carbocycles. The van der Waals surface area contributed by atoms with Crippen LogP contribution in [0.15, 0.2) is 46.7 Å². The number of benzene rings is 1. The number of ether oxygens (including phenoxy) is 1. The first-order chi connectivity index (χ1) is 13.0. The number of carbonyl (C=O) groups is 1. The molecule has 0 spiro atoms. The summed E-state index contributed by atoms with van der Waals surface area (Å²) in [4.78, 5) is 13.9. The summed E-state index contributed by atoms with van der Waals surface area (Å²) in [6.07, 6.45) is 0. The van der Waals surface area contributed by atoms with Crippen molar-refractivity contribution in [2.45, 2.75) is 10.8 Å². The molecule has 0 saturated carbocycles. The molecule has 0 radical (unpaired) electrons. The van der Waals surface area contributed by atoms with Crippen molar-refractivity contribution in [1.29, 1.82) is 0 Å². The number of thiophene rings is 2. The molecule has 1 aliphatic heterocycles. The van der Waals surface area contributed by atoms with E-state index in [1.165, 1.54) is 27.0 Å². The summed E-state index contributed by atoms with van der Waals surface area (Å²) in [6.45, 7) is 1.89. The van der Waals surface area contributed by atoms with Crippen molar-refractivity contribution in [1.82, 2.24) is 9.62 Å². The SMILES string of the molecule is O=C(NCc1ccc(S(=O)(=O)N2CCOCC2)s1)c1cc2ccccc2s1. The van der Waals surface area contributed by atoms with Crippen LogP contribution in [-0.4, -0.2) is 44.9 Å². The van der Waals surface area contributed by atoms with Gasteiger partial charge in [-0.2, -0.15) is 4.31 Å². The van der Waals surface area contributed by atoms with Crippen molar-refractivity contribution in [3.63, 3.8) is 0 Å². The number of hydrogen-bond acceptors (Lipinski definition) is 6. The smallest absolute Gasteiger partial charge is 0.261 e. The van der Waals surface area contributed by atoms with Crippen LogP contribution in [0.2, 0.25) is 0 Å². The molecule has 1 fully saturated rings. The van der Waals surface area contributed by atoms with Crippen molar-refractivity contribution in [2.24, 2.45) is 0 Å². The van der Waals surface area contributed by atoms with E-state index in [-0.39, 0.29) is 5.91 Å². The number of sulfonamides is 1. The highest BCUT2D eigenvalue weighted by Crippen LogP contribution is 2.27. The van der Waals surface area contributed by atoms with Crippen LogP contribution >= 0.6 is 22.7 Å². The Hall–Kier alpha value is -1.78. The molecule has 9 heteroatoms. The normalized spacial score (nSPS) is 15.9. The lowest BCUT2D eigenvalue weighted by atomic mass is 10.2. The minimum absolute atomic E-state index is 0.151. The largest absolute Gasteiger partial charge is 0.379 e. The zero-order valence-electron chi connectivity index (χ0n) is 14.4. The maximum atomic E-state index is 12.7. The maximum absolute atomic E-state index is 12.7. The van der Waals surface area contributed by atoms with E-state index in [2.05, 4.69) is 5.32 Å². The van der Waals surface area contributed by atoms with Gasteiger partial charge in [0.1, 0.15) is 4.21 Å². The number of amides is 1. The van der Waals surface area contributed by atoms with Gasteiger partial charge in [-0.05, 0) is 29.7 Å². The Balaban J connectivity index is 1.42. The molecule has 3 aromatic rings. The molecule has 2 aromatic heterocycles. The molecule has 0 atom stereocenters. The highest BCUT2D eigenvalue weighted by atomic mass is 32.2. The van der Waals surface area contributed by atoms with Crippen LogP contribution in [0.4, 0.5) is 0 Å². The van der Waals surface area contributed by atoms with Crippen LogP contribution in [0.1, 0.15) is 14.5 Å². The second kappa shape index (κ2) is 7.69. The van der Waals surface area contributed by atoms with Gasteiger partial charge < -0.3 is 10.1 Å². The second-order valence-corrected chi connectivity index (χ2v) is 10.5. The number of nitrogens with one attached hydrogen (secondary N) is 1. The summed E-state index contributed by atoms with van der Waals surface area (Å²) in [7, 11) is -3.49. The standard InChI is InChI=1S/C18H18N2O4S3/c21-18(16-11-13-3-1-2-4-15(13)26-16)19-12-14-5-6-17(25-14)27(22,23)20-7-9-24-10-8-20/h1-6,11H,7-10,12H2,(H,19,21). The molecule has 4 rings (SSSR count). The fourth-order valence-electron chi connectivity index (χ4n) is 2.85. The zero-order valence-corrected chi connectivity index (χ0v) is 16.8. The maximum Gasteiger partial charge on any atom is 0.261 e. The number of fused-ring (bicyclic) bond motifs is 1. The lowest BCUT2D eigenvalue weighted by Gasteiger charge is -2.25. The molecule has 3 heterocycles. The second-order valence-electron chi connectivity index (χ2n) is 6.07. The van der Waals surface area contributed by atoms with Crippen molar-refractivity contribution in [3.8, 4) is 0 Å². The first-order valence-electron chi connectivity index (χ1n) is 8.47. The third kappa shape index (κ3) is 3.92. The van der Waals surface area contributed by atoms with E-state index in [0.717, 1.165) is 15.0 Å². The van der Waals surface area contributed by atoms with Crippen LogP contribution < -0.4 is 5.32 Å². The molecule has 1 N–H and O–H groups in total. The Labute approximate surface area is 165 Å². The minimum Gasteiger partial charge on any atom is -0.379 e. The van der Waals surface area contributed by atoms with Gasteiger partial charge in [0.25, 0.3) is 15.9 Å². The predicted molar refractivity (Wildman–Crippen MR) is 107 cm³/mol. The Morgan fingerprint density at radius 1 is 1.11 bits per heavy atom. The molecule has 1 saturated heterocycles. The Morgan fingerprint density at radius 2 is 1.89 bits per heavy atom. The van der Waals surface area contributed by atoms with E-state index < -0.39 is 10.0 Å². The molecule has 6 nitrogen and oxygen atoms in total. The molecule has 0 aliphatic carbocycles. The lowest BCUT2D eigenvalue weighted by Crippen LogP contribution is -2.40. The summed E-state index contributed by atoms with van der Waals surface area (Å²) in [6, 6.07) is 13.1. The fraction of sp³-hybridized carbons (Fsp3) is 0.278. The molecule has 0 bridgehead atoms. The molecule has 27 heavy (non-hydrogen) atoms. The monoisotopic (exact) mass is 422 g/mol. The summed E-state index contributed by atoms with van der Waals surface area (Å²) in [5.41, 5.74) is 0. The summed E-state index contributed by atoms with van der Waals surface area (Å²) >= 11 is 2.64. The van der Waals surface area contributed by atoms with Crippen LogP contribution in [0.3, 0.4) is 0 Å². The molecule has 0 unspecified atom stereocenters. The van der Waals surface area contributed by atoms with Gasteiger partial charge in [-0.15, -0.1) is 22.7 Å². The molecular formula is C18H18N2O4S3. The van der Waals surface area contributed by atoms with Crippen LogP contribution in [-0.2, 0) is 21.3 Å². The topological polar surface area (TPSA) is 75.7 Å². The first kappa shape index (κ1) is 18.6. The molecule has 1 aliphatic rings. The Morgan fingerprint density at radius 3 is 2.67 bits per heavy atom. The third-order valence-electron chi connectivity index (χ3n) is 4.27. The Kier molecular flexibility index (Phi) is 5.29. The van der Waals surface area contributed by atoms with Gasteiger partial charge in [-0.1, -0.05) is 18.2 Å². The molecule has 1 amide bonds. The van der Waals surface area contributed by atoms with Gasteiger partial charge in [0.05, 0.1) is 24.6 Å². The molecule has 142 valence electrons. The van der Waals surface area contributed by atoms with Gasteiger partial charge in [-0.25, -0.2) is 8.42 Å². The number of rotatable bonds is 5. The first-order valence-corrected chi connectivity index (χ1v) is 11.5. The number of morpholine rings is 1. The van der Waals surface area contributed by atoms with Gasteiger partial charge in [0.15, 0.2) is 0 Å². The summed E-state index contributed by atoms with van der Waals surface area (Å²) in [5, 5.41) is 3.92. The number of carbonyl (C=O) groups excluding carboxylic acids is 1. The van der Waals surface area contributed by atoms with Crippen LogP contribution in [0.25, 0.3) is 10.1 Å². The van der Waals surface area contributed by atoms with E-state index in [9.17, 15) is 13.2 Å².